The first-order valence-corrected chi connectivity index (χ1v) is 10.1. The van der Waals surface area contributed by atoms with Crippen molar-refractivity contribution < 1.29 is 35.9 Å². The summed E-state index contributed by atoms with van der Waals surface area (Å²) in [6.45, 7) is 4.48. The van der Waals surface area contributed by atoms with E-state index in [1.165, 1.54) is 12.3 Å². The molecule has 0 aliphatic carbocycles. The molecule has 30 heavy (non-hydrogen) atoms. The number of hydrogen-bond acceptors (Lipinski definition) is 4. The van der Waals surface area contributed by atoms with Crippen LogP contribution in [0.4, 0.5) is 26.3 Å². The number of aromatic nitrogens is 2. The molecule has 166 valence electrons. The van der Waals surface area contributed by atoms with Crippen molar-refractivity contribution >= 4 is 38.3 Å². The van der Waals surface area contributed by atoms with Crippen LogP contribution in [0.3, 0.4) is 0 Å². The summed E-state index contributed by atoms with van der Waals surface area (Å²) in [5.41, 5.74) is -2.74. The maximum Gasteiger partial charge on any atom is 0.416 e. The smallest absolute Gasteiger partial charge is 0.416 e. The van der Waals surface area contributed by atoms with Gasteiger partial charge in [0.15, 0.2) is 5.82 Å². The minimum atomic E-state index is -4.92. The second-order valence-electron chi connectivity index (χ2n) is 5.73. The molecular weight excluding hydrogens is 550 g/mol. The van der Waals surface area contributed by atoms with Crippen LogP contribution < -0.4 is 0 Å². The molecule has 2 unspecified atom stereocenters. The van der Waals surface area contributed by atoms with Crippen LogP contribution in [0.1, 0.15) is 35.5 Å². The Morgan fingerprint density at radius 3 is 1.97 bits per heavy atom. The fraction of sp³-hybridized carbons (Fsp3) is 0.389. The highest BCUT2D eigenvalue weighted by molar-refractivity contribution is 9.12. The van der Waals surface area contributed by atoms with Crippen molar-refractivity contribution in [3.63, 3.8) is 0 Å². The highest BCUT2D eigenvalue weighted by Gasteiger charge is 2.37. The number of benzene rings is 1. The van der Waals surface area contributed by atoms with E-state index in [-0.39, 0.29) is 27.1 Å². The van der Waals surface area contributed by atoms with Gasteiger partial charge in [0, 0.05) is 16.6 Å². The zero-order valence-corrected chi connectivity index (χ0v) is 18.7. The van der Waals surface area contributed by atoms with Crippen LogP contribution >= 0.6 is 31.9 Å². The van der Waals surface area contributed by atoms with Crippen LogP contribution in [0.5, 0.6) is 0 Å². The van der Waals surface area contributed by atoms with Gasteiger partial charge in [0.2, 0.25) is 0 Å². The average Bonchev–Trinajstić information content (AvgIpc) is 2.67. The first kappa shape index (κ1) is 26.3. The molecule has 0 aliphatic heterocycles. The highest BCUT2D eigenvalue weighted by atomic mass is 79.9. The van der Waals surface area contributed by atoms with E-state index in [0.717, 1.165) is 0 Å². The second-order valence-corrected chi connectivity index (χ2v) is 8.16. The van der Waals surface area contributed by atoms with Crippen molar-refractivity contribution in [2.75, 3.05) is 6.61 Å². The van der Waals surface area contributed by atoms with Crippen LogP contribution in [-0.4, -0.2) is 27.9 Å². The Labute approximate surface area is 185 Å². The van der Waals surface area contributed by atoms with Gasteiger partial charge in [-0.05, 0) is 31.2 Å². The Hall–Kier alpha value is -1.69. The molecule has 0 radical (unpaired) electrons. The molecule has 1 heterocycles. The Balaban J connectivity index is 0.000000804. The minimum absolute atomic E-state index is 0.0671. The molecule has 2 rings (SSSR count). The Morgan fingerprint density at radius 2 is 1.60 bits per heavy atom. The van der Waals surface area contributed by atoms with E-state index in [9.17, 15) is 31.1 Å². The van der Waals surface area contributed by atoms with E-state index < -0.39 is 23.5 Å². The van der Waals surface area contributed by atoms with Crippen LogP contribution in [0.25, 0.3) is 11.4 Å². The normalized spacial score (nSPS) is 13.7. The van der Waals surface area contributed by atoms with Crippen LogP contribution in [-0.2, 0) is 21.9 Å². The van der Waals surface area contributed by atoms with Crippen molar-refractivity contribution in [1.29, 1.82) is 0 Å². The van der Waals surface area contributed by atoms with Gasteiger partial charge in [-0.25, -0.2) is 9.97 Å². The first-order valence-electron chi connectivity index (χ1n) is 8.27. The number of carbonyl (C=O) groups excluding carboxylic acids is 1. The molecule has 0 N–H and O–H groups in total. The molecule has 0 bridgehead atoms. The van der Waals surface area contributed by atoms with Crippen molar-refractivity contribution in [1.82, 2.24) is 9.97 Å². The molecule has 0 spiro atoms. The lowest BCUT2D eigenvalue weighted by Gasteiger charge is -2.15. The number of nitrogens with zero attached hydrogens (tertiary/aromatic N) is 2. The summed E-state index contributed by atoms with van der Waals surface area (Å²) in [4.78, 5) is 16.7. The van der Waals surface area contributed by atoms with Gasteiger partial charge in [0.05, 0.1) is 28.3 Å². The van der Waals surface area contributed by atoms with Crippen LogP contribution in [0.2, 0.25) is 0 Å². The number of rotatable bonds is 5. The van der Waals surface area contributed by atoms with Crippen molar-refractivity contribution in [3.8, 4) is 11.4 Å². The molecule has 0 aliphatic rings. The van der Waals surface area contributed by atoms with E-state index in [0.29, 0.717) is 30.9 Å². The third-order valence-corrected chi connectivity index (χ3v) is 5.94. The van der Waals surface area contributed by atoms with Gasteiger partial charge in [-0.1, -0.05) is 38.8 Å². The Bertz CT molecular complexity index is 812. The number of carbonyl (C=O) groups is 1. The van der Waals surface area contributed by atoms with E-state index in [1.54, 1.807) is 6.92 Å². The van der Waals surface area contributed by atoms with Gasteiger partial charge in [-0.2, -0.15) is 26.3 Å². The van der Waals surface area contributed by atoms with E-state index >= 15 is 0 Å². The molecule has 0 fully saturated rings. The van der Waals surface area contributed by atoms with Gasteiger partial charge in [-0.15, -0.1) is 0 Å². The van der Waals surface area contributed by atoms with Crippen LogP contribution in [0.15, 0.2) is 30.5 Å². The highest BCUT2D eigenvalue weighted by Crippen LogP contribution is 2.38. The number of alkyl halides is 8. The van der Waals surface area contributed by atoms with Gasteiger partial charge in [0.25, 0.3) is 6.47 Å². The quantitative estimate of drug-likeness (QED) is 0.233. The fourth-order valence-corrected chi connectivity index (χ4v) is 2.58. The molecule has 1 aromatic heterocycles. The summed E-state index contributed by atoms with van der Waals surface area (Å²) < 4.78 is 81.8. The van der Waals surface area contributed by atoms with Crippen molar-refractivity contribution in [3.05, 3.63) is 47.3 Å². The summed E-state index contributed by atoms with van der Waals surface area (Å²) in [5, 5.41) is 0. The summed E-state index contributed by atoms with van der Waals surface area (Å²) in [6.07, 6.45) is -8.55. The third-order valence-electron chi connectivity index (χ3n) is 3.44. The third kappa shape index (κ3) is 7.86. The summed E-state index contributed by atoms with van der Waals surface area (Å²) in [6, 6.07) is 2.81. The maximum atomic E-state index is 12.9. The van der Waals surface area contributed by atoms with E-state index in [1.807, 2.05) is 6.92 Å². The summed E-state index contributed by atoms with van der Waals surface area (Å²) in [7, 11) is 0. The Morgan fingerprint density at radius 1 is 1.07 bits per heavy atom. The van der Waals surface area contributed by atoms with Gasteiger partial charge < -0.3 is 4.74 Å². The lowest BCUT2D eigenvalue weighted by Crippen LogP contribution is -2.11. The monoisotopic (exact) mass is 564 g/mol. The molecule has 2 aromatic rings. The SMILES string of the molecule is CC(Br)C(Br)c1ccnc(-c2cc(C(F)(F)F)cc(C(F)(F)F)c2)n1.CCOC=O. The zero-order chi connectivity index (χ0) is 23.1. The van der Waals surface area contributed by atoms with E-state index in [4.69, 9.17) is 0 Å². The predicted molar refractivity (Wildman–Crippen MR) is 105 cm³/mol. The molecule has 0 saturated heterocycles. The lowest BCUT2D eigenvalue weighted by molar-refractivity contribution is -0.143. The van der Waals surface area contributed by atoms with Gasteiger partial charge in [0.1, 0.15) is 0 Å². The topological polar surface area (TPSA) is 52.1 Å². The molecule has 4 nitrogen and oxygen atoms in total. The number of halogens is 8. The minimum Gasteiger partial charge on any atom is -0.468 e. The maximum absolute atomic E-state index is 12.9. The van der Waals surface area contributed by atoms with Crippen molar-refractivity contribution in [2.45, 2.75) is 35.9 Å². The van der Waals surface area contributed by atoms with Crippen LogP contribution in [0, 0.1) is 0 Å². The van der Waals surface area contributed by atoms with Gasteiger partial charge >= 0.3 is 12.4 Å². The average molecular weight is 566 g/mol. The van der Waals surface area contributed by atoms with Gasteiger partial charge in [-0.3, -0.25) is 4.79 Å². The molecule has 12 heteroatoms. The second kappa shape index (κ2) is 11.1. The van der Waals surface area contributed by atoms with E-state index in [2.05, 4.69) is 46.6 Å². The summed E-state index contributed by atoms with van der Waals surface area (Å²) >= 11 is 6.68. The first-order chi connectivity index (χ1) is 13.8. The lowest BCUT2D eigenvalue weighted by atomic mass is 10.0. The molecule has 2 atom stereocenters. The Kier molecular flexibility index (Phi) is 9.73. The predicted octanol–water partition coefficient (Wildman–Crippen LogP) is 6.58. The standard InChI is InChI=1S/C15H10Br2F6N2.C3H6O2/c1-7(16)12(17)11-2-3-24-13(25-11)8-4-9(14(18,19)20)6-10(5-8)15(21,22)23;1-2-5-3-4/h2-7,12H,1H3;3H,2H2,1H3. The van der Waals surface area contributed by atoms with Crippen molar-refractivity contribution in [2.24, 2.45) is 0 Å². The summed E-state index contributed by atoms with van der Waals surface area (Å²) in [5.74, 6) is -0.216. The molecule has 1 aromatic carbocycles. The largest absolute Gasteiger partial charge is 0.468 e. The number of hydrogen-bond donors (Lipinski definition) is 0. The molecule has 0 amide bonds. The molecular formula is C18H16Br2F6N2O2. The zero-order valence-electron chi connectivity index (χ0n) is 15.6. The fourth-order valence-electron chi connectivity index (χ4n) is 2.05. The number of ether oxygens (including phenoxy) is 1. The molecule has 0 saturated carbocycles.